The molecule has 4 nitrogen and oxygen atoms in total. The number of anilines is 1. The van der Waals surface area contributed by atoms with Crippen LogP contribution < -0.4 is 9.62 Å². The molecule has 0 bridgehead atoms. The molecule has 6 heteroatoms. The highest BCUT2D eigenvalue weighted by Crippen LogP contribution is 2.16. The summed E-state index contributed by atoms with van der Waals surface area (Å²) in [6, 6.07) is 13.2. The van der Waals surface area contributed by atoms with Crippen molar-refractivity contribution >= 4 is 15.7 Å². The summed E-state index contributed by atoms with van der Waals surface area (Å²) in [5, 5.41) is 0. The first kappa shape index (κ1) is 18.0. The van der Waals surface area contributed by atoms with Gasteiger partial charge in [-0.2, -0.15) is 0 Å². The average Bonchev–Trinajstić information content (AvgIpc) is 2.51. The van der Waals surface area contributed by atoms with Crippen LogP contribution in [0.25, 0.3) is 0 Å². The Morgan fingerprint density at radius 3 is 2.58 bits per heavy atom. The summed E-state index contributed by atoms with van der Waals surface area (Å²) >= 11 is 0. The number of sulfonamides is 1. The topological polar surface area (TPSA) is 49.4 Å². The van der Waals surface area contributed by atoms with E-state index in [9.17, 15) is 12.8 Å². The van der Waals surface area contributed by atoms with E-state index in [4.69, 9.17) is 0 Å². The van der Waals surface area contributed by atoms with E-state index in [2.05, 4.69) is 16.6 Å². The highest BCUT2D eigenvalue weighted by molar-refractivity contribution is 7.88. The molecule has 2 aromatic rings. The Bertz CT molecular complexity index is 868. The highest BCUT2D eigenvalue weighted by atomic mass is 32.2. The van der Waals surface area contributed by atoms with Crippen molar-refractivity contribution in [1.82, 2.24) is 4.72 Å². The van der Waals surface area contributed by atoms with E-state index in [0.29, 0.717) is 5.56 Å². The number of halogens is 1. The van der Waals surface area contributed by atoms with Crippen LogP contribution in [-0.4, -0.2) is 29.1 Å². The second kappa shape index (κ2) is 7.95. The third-order valence-corrected chi connectivity index (χ3v) is 4.53. The van der Waals surface area contributed by atoms with Gasteiger partial charge in [-0.15, -0.1) is 0 Å². The van der Waals surface area contributed by atoms with Crippen LogP contribution in [0.4, 0.5) is 10.1 Å². The smallest absolute Gasteiger partial charge is 0.216 e. The van der Waals surface area contributed by atoms with Crippen LogP contribution in [0.1, 0.15) is 11.1 Å². The molecule has 0 fully saturated rings. The third-order valence-electron chi connectivity index (χ3n) is 3.24. The Kier molecular flexibility index (Phi) is 5.96. The van der Waals surface area contributed by atoms with Crippen molar-refractivity contribution < 1.29 is 12.8 Å². The molecule has 0 aliphatic heterocycles. The minimum Gasteiger partial charge on any atom is -0.377 e. The molecule has 0 saturated heterocycles. The second-order valence-electron chi connectivity index (χ2n) is 5.42. The number of nitrogens with zero attached hydrogens (tertiary/aromatic N) is 1. The first-order valence-electron chi connectivity index (χ1n) is 7.34. The standard InChI is InChI=1S/C18H19FN2O2S/c1-21(2)18-11-4-3-8-16(18)9-6-12-20-24(22,23)14-15-7-5-10-17(19)13-15/h3-5,7-8,10-11,13,20H,12,14H2,1-2H3. The molecule has 0 radical (unpaired) electrons. The summed E-state index contributed by atoms with van der Waals surface area (Å²) < 4.78 is 39.5. The zero-order valence-corrected chi connectivity index (χ0v) is 14.4. The molecule has 0 unspecified atom stereocenters. The molecule has 126 valence electrons. The minimum atomic E-state index is -3.56. The van der Waals surface area contributed by atoms with Crippen molar-refractivity contribution in [2.45, 2.75) is 5.75 Å². The monoisotopic (exact) mass is 346 g/mol. The van der Waals surface area contributed by atoms with Crippen molar-refractivity contribution in [3.63, 3.8) is 0 Å². The quantitative estimate of drug-likeness (QED) is 0.846. The van der Waals surface area contributed by atoms with E-state index in [1.165, 1.54) is 18.2 Å². The summed E-state index contributed by atoms with van der Waals surface area (Å²) in [4.78, 5) is 1.94. The Morgan fingerprint density at radius 1 is 1.12 bits per heavy atom. The average molecular weight is 346 g/mol. The molecule has 0 aromatic heterocycles. The fourth-order valence-corrected chi connectivity index (χ4v) is 3.16. The Morgan fingerprint density at radius 2 is 1.88 bits per heavy atom. The summed E-state index contributed by atoms with van der Waals surface area (Å²) in [6.07, 6.45) is 0. The molecule has 0 aliphatic rings. The maximum atomic E-state index is 13.1. The van der Waals surface area contributed by atoms with Crippen LogP contribution >= 0.6 is 0 Å². The molecule has 0 heterocycles. The lowest BCUT2D eigenvalue weighted by atomic mass is 10.1. The Labute approximate surface area is 142 Å². The molecule has 1 N–H and O–H groups in total. The Balaban J connectivity index is 1.99. The van der Waals surface area contributed by atoms with Gasteiger partial charge in [0.25, 0.3) is 0 Å². The summed E-state index contributed by atoms with van der Waals surface area (Å²) in [5.74, 6) is 5.04. The van der Waals surface area contributed by atoms with Crippen LogP contribution in [0.5, 0.6) is 0 Å². The van der Waals surface area contributed by atoms with Crippen molar-refractivity contribution in [3.05, 3.63) is 65.5 Å². The number of rotatable bonds is 5. The molecule has 0 spiro atoms. The highest BCUT2D eigenvalue weighted by Gasteiger charge is 2.10. The van der Waals surface area contributed by atoms with E-state index >= 15 is 0 Å². The first-order valence-corrected chi connectivity index (χ1v) is 8.99. The van der Waals surface area contributed by atoms with Gasteiger partial charge in [0.05, 0.1) is 18.0 Å². The van der Waals surface area contributed by atoms with E-state index in [1.807, 2.05) is 43.3 Å². The van der Waals surface area contributed by atoms with Gasteiger partial charge in [0, 0.05) is 19.7 Å². The first-order chi connectivity index (χ1) is 11.4. The molecule has 24 heavy (non-hydrogen) atoms. The molecular formula is C18H19FN2O2S. The van der Waals surface area contributed by atoms with Crippen molar-refractivity contribution in [2.24, 2.45) is 0 Å². The number of hydrogen-bond acceptors (Lipinski definition) is 3. The number of para-hydroxylation sites is 1. The van der Waals surface area contributed by atoms with Crippen molar-refractivity contribution in [1.29, 1.82) is 0 Å². The fraction of sp³-hybridized carbons (Fsp3) is 0.222. The largest absolute Gasteiger partial charge is 0.377 e. The van der Waals surface area contributed by atoms with E-state index in [-0.39, 0.29) is 12.3 Å². The maximum Gasteiger partial charge on any atom is 0.216 e. The second-order valence-corrected chi connectivity index (χ2v) is 7.23. The van der Waals surface area contributed by atoms with Crippen molar-refractivity contribution in [2.75, 3.05) is 25.5 Å². The van der Waals surface area contributed by atoms with Gasteiger partial charge in [0.15, 0.2) is 0 Å². The van der Waals surface area contributed by atoms with Gasteiger partial charge < -0.3 is 4.90 Å². The zero-order chi connectivity index (χ0) is 17.6. The number of hydrogen-bond donors (Lipinski definition) is 1. The molecule has 0 aliphatic carbocycles. The SMILES string of the molecule is CN(C)c1ccccc1C#CCNS(=O)(=O)Cc1cccc(F)c1. The van der Waals surface area contributed by atoms with Gasteiger partial charge in [0.2, 0.25) is 10.0 Å². The Hall–Kier alpha value is -2.36. The van der Waals surface area contributed by atoms with Gasteiger partial charge in [-0.25, -0.2) is 17.5 Å². The van der Waals surface area contributed by atoms with Gasteiger partial charge in [-0.1, -0.05) is 36.1 Å². The van der Waals surface area contributed by atoms with E-state index < -0.39 is 15.8 Å². The van der Waals surface area contributed by atoms with Crippen LogP contribution in [-0.2, 0) is 15.8 Å². The molecule has 0 saturated carbocycles. The zero-order valence-electron chi connectivity index (χ0n) is 13.6. The number of benzene rings is 2. The normalized spacial score (nSPS) is 10.8. The summed E-state index contributed by atoms with van der Waals surface area (Å²) in [6.45, 7) is -0.000583. The van der Waals surface area contributed by atoms with Gasteiger partial charge in [-0.3, -0.25) is 0 Å². The predicted octanol–water partition coefficient (Wildman–Crippen LogP) is 2.36. The van der Waals surface area contributed by atoms with Gasteiger partial charge in [-0.05, 0) is 29.8 Å². The maximum absolute atomic E-state index is 13.1. The van der Waals surface area contributed by atoms with E-state index in [1.54, 1.807) is 6.07 Å². The third kappa shape index (κ3) is 5.37. The summed E-state index contributed by atoms with van der Waals surface area (Å²) in [5.41, 5.74) is 2.19. The molecule has 2 rings (SSSR count). The van der Waals surface area contributed by atoms with Gasteiger partial charge in [0.1, 0.15) is 5.82 Å². The molecule has 0 atom stereocenters. The van der Waals surface area contributed by atoms with Crippen LogP contribution in [0.15, 0.2) is 48.5 Å². The molecule has 2 aromatic carbocycles. The lowest BCUT2D eigenvalue weighted by Gasteiger charge is -2.13. The van der Waals surface area contributed by atoms with Crippen LogP contribution in [0.2, 0.25) is 0 Å². The molecule has 0 amide bonds. The van der Waals surface area contributed by atoms with Crippen LogP contribution in [0, 0.1) is 17.7 Å². The van der Waals surface area contributed by atoms with Crippen molar-refractivity contribution in [3.8, 4) is 11.8 Å². The fourth-order valence-electron chi connectivity index (χ4n) is 2.15. The summed E-state index contributed by atoms with van der Waals surface area (Å²) in [7, 11) is 0.276. The van der Waals surface area contributed by atoms with Gasteiger partial charge >= 0.3 is 0 Å². The predicted molar refractivity (Wildman–Crippen MR) is 94.7 cm³/mol. The minimum absolute atomic E-state index is 0.000583. The number of nitrogens with one attached hydrogen (secondary N) is 1. The lowest BCUT2D eigenvalue weighted by Crippen LogP contribution is -2.25. The van der Waals surface area contributed by atoms with Crippen LogP contribution in [0.3, 0.4) is 0 Å². The lowest BCUT2D eigenvalue weighted by molar-refractivity contribution is 0.584. The molecular weight excluding hydrogens is 327 g/mol. The van der Waals surface area contributed by atoms with E-state index in [0.717, 1.165) is 11.3 Å².